The van der Waals surface area contributed by atoms with Crippen LogP contribution in [0.25, 0.3) is 0 Å². The Morgan fingerprint density at radius 3 is 2.48 bits per heavy atom. The molecule has 3 fully saturated rings. The van der Waals surface area contributed by atoms with Crippen molar-refractivity contribution in [2.45, 2.75) is 56.1 Å². The minimum Gasteiger partial charge on any atom is -0.372 e. The fourth-order valence-corrected chi connectivity index (χ4v) is 6.37. The molecule has 1 amide bonds. The number of carbonyl (C=O) groups excluding carboxylic acids is 1. The predicted molar refractivity (Wildman–Crippen MR) is 108 cm³/mol. The molecular weight excluding hydrogens is 392 g/mol. The fourth-order valence-electron chi connectivity index (χ4n) is 4.59. The third kappa shape index (κ3) is 4.35. The van der Waals surface area contributed by atoms with Crippen LogP contribution in [-0.2, 0) is 24.3 Å². The zero-order valence-electron chi connectivity index (χ0n) is 17.2. The molecule has 8 heteroatoms. The average Bonchev–Trinajstić information content (AvgIpc) is 3.18. The van der Waals surface area contributed by atoms with Gasteiger partial charge in [-0.3, -0.25) is 4.79 Å². The molecule has 1 aromatic carbocycles. The highest BCUT2D eigenvalue weighted by atomic mass is 32.2. The van der Waals surface area contributed by atoms with Crippen molar-refractivity contribution in [3.05, 3.63) is 29.3 Å². The largest absolute Gasteiger partial charge is 0.372 e. The lowest BCUT2D eigenvalue weighted by Gasteiger charge is -2.52. The lowest BCUT2D eigenvalue weighted by molar-refractivity contribution is -0.181. The molecular formula is C21H30N2O5S. The van der Waals surface area contributed by atoms with Gasteiger partial charge in [0.25, 0.3) is 0 Å². The van der Waals surface area contributed by atoms with Gasteiger partial charge in [-0.25, -0.2) is 8.42 Å². The zero-order valence-corrected chi connectivity index (χ0v) is 18.0. The maximum atomic E-state index is 13.0. The maximum absolute atomic E-state index is 13.0. The highest BCUT2D eigenvalue weighted by molar-refractivity contribution is 7.89. The monoisotopic (exact) mass is 422 g/mol. The molecule has 3 aliphatic rings. The first-order chi connectivity index (χ1) is 13.8. The summed E-state index contributed by atoms with van der Waals surface area (Å²) in [5.41, 5.74) is 1.37. The van der Waals surface area contributed by atoms with E-state index in [4.69, 9.17) is 9.47 Å². The first kappa shape index (κ1) is 20.8. The number of ether oxygens (including phenoxy) is 2. The van der Waals surface area contributed by atoms with Crippen LogP contribution >= 0.6 is 0 Å². The first-order valence-electron chi connectivity index (χ1n) is 10.4. The van der Waals surface area contributed by atoms with Crippen molar-refractivity contribution in [3.8, 4) is 0 Å². The molecule has 1 atom stereocenters. The van der Waals surface area contributed by atoms with Crippen LogP contribution in [0, 0.1) is 13.8 Å². The molecule has 1 spiro atoms. The molecule has 0 bridgehead atoms. The maximum Gasteiger partial charge on any atom is 0.248 e. The second kappa shape index (κ2) is 7.98. The number of likely N-dealkylation sites (tertiary alicyclic amines) is 1. The van der Waals surface area contributed by atoms with Gasteiger partial charge in [-0.1, -0.05) is 6.07 Å². The Morgan fingerprint density at radius 1 is 1.17 bits per heavy atom. The third-order valence-electron chi connectivity index (χ3n) is 6.11. The van der Waals surface area contributed by atoms with E-state index in [1.807, 2.05) is 24.8 Å². The van der Waals surface area contributed by atoms with E-state index in [2.05, 4.69) is 0 Å². The number of nitrogens with zero attached hydrogens (tertiary/aromatic N) is 2. The van der Waals surface area contributed by atoms with Crippen molar-refractivity contribution in [2.24, 2.45) is 0 Å². The highest BCUT2D eigenvalue weighted by Crippen LogP contribution is 2.38. The number of hydrogen-bond donors (Lipinski definition) is 0. The van der Waals surface area contributed by atoms with Crippen LogP contribution in [-0.4, -0.2) is 74.6 Å². The quantitative estimate of drug-likeness (QED) is 0.724. The van der Waals surface area contributed by atoms with Crippen molar-refractivity contribution in [1.82, 2.24) is 9.21 Å². The summed E-state index contributed by atoms with van der Waals surface area (Å²) in [6, 6.07) is 5.39. The summed E-state index contributed by atoms with van der Waals surface area (Å²) < 4.78 is 39.3. The van der Waals surface area contributed by atoms with E-state index in [0.29, 0.717) is 31.0 Å². The van der Waals surface area contributed by atoms with Crippen LogP contribution in [0.15, 0.2) is 23.1 Å². The van der Waals surface area contributed by atoms with E-state index >= 15 is 0 Å². The molecule has 29 heavy (non-hydrogen) atoms. The zero-order chi connectivity index (χ0) is 20.6. The van der Waals surface area contributed by atoms with Gasteiger partial charge in [0.05, 0.1) is 16.6 Å². The molecule has 0 N–H and O–H groups in total. The van der Waals surface area contributed by atoms with Crippen LogP contribution in [0.2, 0.25) is 0 Å². The summed E-state index contributed by atoms with van der Waals surface area (Å²) >= 11 is 0. The van der Waals surface area contributed by atoms with Crippen LogP contribution in [0.3, 0.4) is 0 Å². The van der Waals surface area contributed by atoms with E-state index in [0.717, 1.165) is 43.5 Å². The van der Waals surface area contributed by atoms with Crippen LogP contribution in [0.5, 0.6) is 0 Å². The van der Waals surface area contributed by atoms with Crippen LogP contribution < -0.4 is 0 Å². The van der Waals surface area contributed by atoms with Gasteiger partial charge in [-0.2, -0.15) is 4.31 Å². The number of sulfonamides is 1. The van der Waals surface area contributed by atoms with Gasteiger partial charge in [0, 0.05) is 39.2 Å². The van der Waals surface area contributed by atoms with E-state index in [1.165, 1.54) is 4.31 Å². The fraction of sp³-hybridized carbons (Fsp3) is 0.667. The van der Waals surface area contributed by atoms with Gasteiger partial charge in [-0.05, 0) is 56.4 Å². The van der Waals surface area contributed by atoms with E-state index in [-0.39, 0.29) is 18.6 Å². The number of carbonyl (C=O) groups is 1. The second-order valence-corrected chi connectivity index (χ2v) is 10.6. The SMILES string of the molecule is Cc1cc(C)cc(S(=O)(=O)N2CC3(C[C@H](OCC(=O)N4CCCC4)CCO3)C2)c1. The normalized spacial score (nSPS) is 24.6. The Balaban J connectivity index is 1.34. The molecule has 0 radical (unpaired) electrons. The summed E-state index contributed by atoms with van der Waals surface area (Å²) in [4.78, 5) is 14.4. The summed E-state index contributed by atoms with van der Waals surface area (Å²) in [5.74, 6) is 0.0515. The average molecular weight is 423 g/mol. The molecule has 3 saturated heterocycles. The molecule has 160 valence electrons. The molecule has 3 aliphatic heterocycles. The first-order valence-corrected chi connectivity index (χ1v) is 11.8. The topological polar surface area (TPSA) is 76.2 Å². The smallest absolute Gasteiger partial charge is 0.248 e. The molecule has 7 nitrogen and oxygen atoms in total. The Hall–Kier alpha value is -1.48. The minimum atomic E-state index is -3.53. The molecule has 0 saturated carbocycles. The number of hydrogen-bond acceptors (Lipinski definition) is 5. The highest BCUT2D eigenvalue weighted by Gasteiger charge is 2.52. The Kier molecular flexibility index (Phi) is 5.72. The number of amides is 1. The molecule has 3 heterocycles. The van der Waals surface area contributed by atoms with Crippen molar-refractivity contribution in [3.63, 3.8) is 0 Å². The van der Waals surface area contributed by atoms with Crippen LogP contribution in [0.1, 0.15) is 36.8 Å². The van der Waals surface area contributed by atoms with Gasteiger partial charge in [-0.15, -0.1) is 0 Å². The molecule has 0 aromatic heterocycles. The summed E-state index contributed by atoms with van der Waals surface area (Å²) in [6.45, 7) is 6.75. The second-order valence-electron chi connectivity index (χ2n) is 8.64. The molecule has 1 aromatic rings. The minimum absolute atomic E-state index is 0.0515. The van der Waals surface area contributed by atoms with Crippen molar-refractivity contribution < 1.29 is 22.7 Å². The van der Waals surface area contributed by atoms with Gasteiger partial charge in [0.1, 0.15) is 6.61 Å². The van der Waals surface area contributed by atoms with E-state index < -0.39 is 15.6 Å². The number of rotatable bonds is 5. The number of benzene rings is 1. The van der Waals surface area contributed by atoms with Gasteiger partial charge in [0.15, 0.2) is 0 Å². The number of aryl methyl sites for hydroxylation is 2. The molecule has 0 aliphatic carbocycles. The molecule has 0 unspecified atom stereocenters. The van der Waals surface area contributed by atoms with Crippen molar-refractivity contribution in [2.75, 3.05) is 39.4 Å². The summed E-state index contributed by atoms with van der Waals surface area (Å²) in [6.07, 6.45) is 3.42. The lowest BCUT2D eigenvalue weighted by atomic mass is 9.86. The molecule has 4 rings (SSSR count). The van der Waals surface area contributed by atoms with Crippen molar-refractivity contribution in [1.29, 1.82) is 0 Å². The predicted octanol–water partition coefficient (Wildman–Crippen LogP) is 1.86. The van der Waals surface area contributed by atoms with E-state index in [9.17, 15) is 13.2 Å². The van der Waals surface area contributed by atoms with Crippen molar-refractivity contribution >= 4 is 15.9 Å². The lowest BCUT2D eigenvalue weighted by Crippen LogP contribution is -2.67. The van der Waals surface area contributed by atoms with Gasteiger partial charge < -0.3 is 14.4 Å². The summed E-state index contributed by atoms with van der Waals surface area (Å²) in [7, 11) is -3.53. The standard InChI is InChI=1S/C21H30N2O5S/c1-16-9-17(2)11-19(10-16)29(25,26)23-14-21(15-23)12-18(5-8-28-21)27-13-20(24)22-6-3-4-7-22/h9-11,18H,3-8,12-15H2,1-2H3/t18-/m1/s1. The van der Waals surface area contributed by atoms with E-state index in [1.54, 1.807) is 12.1 Å². The van der Waals surface area contributed by atoms with Crippen LogP contribution in [0.4, 0.5) is 0 Å². The Morgan fingerprint density at radius 2 is 1.83 bits per heavy atom. The Bertz CT molecular complexity index is 853. The van der Waals surface area contributed by atoms with Gasteiger partial charge >= 0.3 is 0 Å². The third-order valence-corrected chi connectivity index (χ3v) is 7.88. The Labute approximate surface area is 173 Å². The van der Waals surface area contributed by atoms with Gasteiger partial charge in [0.2, 0.25) is 15.9 Å². The summed E-state index contributed by atoms with van der Waals surface area (Å²) in [5, 5.41) is 0.